The quantitative estimate of drug-likeness (QED) is 0.766. The molecule has 1 fully saturated rings. The first-order valence-electron chi connectivity index (χ1n) is 8.75. The number of aliphatic hydroxyl groups excluding tert-OH is 1. The van der Waals surface area contributed by atoms with E-state index in [9.17, 15) is 5.11 Å². The highest BCUT2D eigenvalue weighted by Gasteiger charge is 2.19. The van der Waals surface area contributed by atoms with Crippen molar-refractivity contribution in [3.05, 3.63) is 66.5 Å². The number of rotatable bonds is 4. The van der Waals surface area contributed by atoms with Gasteiger partial charge in [-0.05, 0) is 43.4 Å². The first-order valence-corrected chi connectivity index (χ1v) is 8.75. The summed E-state index contributed by atoms with van der Waals surface area (Å²) in [6.07, 6.45) is 5.30. The molecule has 0 spiro atoms. The van der Waals surface area contributed by atoms with Crippen LogP contribution in [0, 0.1) is 0 Å². The minimum Gasteiger partial charge on any atom is -0.393 e. The molecule has 1 aliphatic rings. The van der Waals surface area contributed by atoms with Gasteiger partial charge < -0.3 is 10.4 Å². The highest BCUT2D eigenvalue weighted by molar-refractivity contribution is 5.77. The van der Waals surface area contributed by atoms with Crippen LogP contribution in [0.2, 0.25) is 0 Å². The van der Waals surface area contributed by atoms with E-state index < -0.39 is 0 Å². The van der Waals surface area contributed by atoms with Crippen molar-refractivity contribution in [1.29, 1.82) is 0 Å². The maximum Gasteiger partial charge on any atom is 0.154 e. The summed E-state index contributed by atoms with van der Waals surface area (Å²) in [5, 5.41) is 17.9. The van der Waals surface area contributed by atoms with Crippen LogP contribution in [0.1, 0.15) is 36.9 Å². The second-order valence-electron chi connectivity index (χ2n) is 6.63. The Morgan fingerprint density at radius 3 is 2.60 bits per heavy atom. The number of nitrogens with zero attached hydrogens (tertiary/aromatic N) is 3. The van der Waals surface area contributed by atoms with Gasteiger partial charge in [0.05, 0.1) is 18.0 Å². The van der Waals surface area contributed by atoms with Crippen LogP contribution in [-0.4, -0.2) is 31.9 Å². The van der Waals surface area contributed by atoms with E-state index in [2.05, 4.69) is 16.9 Å². The molecule has 2 heterocycles. The molecule has 128 valence electrons. The lowest BCUT2D eigenvalue weighted by molar-refractivity contribution is 0.126. The predicted molar refractivity (Wildman–Crippen MR) is 99.5 cm³/mol. The van der Waals surface area contributed by atoms with Gasteiger partial charge in [0.25, 0.3) is 0 Å². The van der Waals surface area contributed by atoms with Gasteiger partial charge in [0, 0.05) is 11.6 Å². The van der Waals surface area contributed by atoms with Crippen LogP contribution in [0.3, 0.4) is 0 Å². The number of hydrogen-bond donors (Lipinski definition) is 2. The molecule has 0 radical (unpaired) electrons. The van der Waals surface area contributed by atoms with Gasteiger partial charge in [-0.25, -0.2) is 9.50 Å². The van der Waals surface area contributed by atoms with Crippen molar-refractivity contribution in [2.24, 2.45) is 0 Å². The number of benzene rings is 1. The maximum absolute atomic E-state index is 9.65. The molecule has 5 nitrogen and oxygen atoms in total. The largest absolute Gasteiger partial charge is 0.393 e. The number of fused-ring (bicyclic) bond motifs is 1. The third-order valence-electron chi connectivity index (χ3n) is 4.84. The van der Waals surface area contributed by atoms with Gasteiger partial charge in [-0.1, -0.05) is 36.9 Å². The zero-order valence-corrected chi connectivity index (χ0v) is 14.1. The van der Waals surface area contributed by atoms with Crippen molar-refractivity contribution >= 4 is 17.0 Å². The number of nitrogens with one attached hydrogen (secondary N) is 1. The van der Waals surface area contributed by atoms with Gasteiger partial charge in [0.2, 0.25) is 0 Å². The number of imidazole rings is 1. The molecule has 2 N–H and O–H groups in total. The Morgan fingerprint density at radius 2 is 1.84 bits per heavy atom. The van der Waals surface area contributed by atoms with Gasteiger partial charge in [-0.2, -0.15) is 0 Å². The molecule has 1 aliphatic carbocycles. The lowest BCUT2D eigenvalue weighted by Gasteiger charge is -2.26. The molecule has 0 bridgehead atoms. The second-order valence-corrected chi connectivity index (χ2v) is 6.63. The third-order valence-corrected chi connectivity index (χ3v) is 4.84. The van der Waals surface area contributed by atoms with Crippen molar-refractivity contribution in [3.63, 3.8) is 0 Å². The topological polar surface area (TPSA) is 62.5 Å². The first-order chi connectivity index (χ1) is 12.2. The average Bonchev–Trinajstić information content (AvgIpc) is 3.07. The van der Waals surface area contributed by atoms with Crippen LogP contribution in [-0.2, 0) is 0 Å². The number of anilines is 1. The molecule has 25 heavy (non-hydrogen) atoms. The first kappa shape index (κ1) is 15.8. The van der Waals surface area contributed by atoms with Crippen LogP contribution in [0.25, 0.3) is 11.2 Å². The molecule has 0 atom stereocenters. The Morgan fingerprint density at radius 1 is 1.08 bits per heavy atom. The summed E-state index contributed by atoms with van der Waals surface area (Å²) in [6, 6.07) is 14.4. The van der Waals surface area contributed by atoms with Crippen molar-refractivity contribution in [1.82, 2.24) is 14.6 Å². The summed E-state index contributed by atoms with van der Waals surface area (Å²) in [7, 11) is 0. The summed E-state index contributed by atoms with van der Waals surface area (Å²) in [4.78, 5) is 4.44. The monoisotopic (exact) mass is 334 g/mol. The molecule has 4 rings (SSSR count). The van der Waals surface area contributed by atoms with Crippen molar-refractivity contribution in [3.8, 4) is 0 Å². The summed E-state index contributed by atoms with van der Waals surface area (Å²) in [5.41, 5.74) is 3.66. The van der Waals surface area contributed by atoms with Gasteiger partial charge in [-0.15, -0.1) is 5.10 Å². The van der Waals surface area contributed by atoms with Crippen LogP contribution in [0.5, 0.6) is 0 Å². The fourth-order valence-corrected chi connectivity index (χ4v) is 3.37. The third kappa shape index (κ3) is 3.28. The molecule has 0 amide bonds. The zero-order valence-electron chi connectivity index (χ0n) is 14.1. The van der Waals surface area contributed by atoms with E-state index in [0.717, 1.165) is 54.0 Å². The lowest BCUT2D eigenvalue weighted by atomic mass is 9.93. The highest BCUT2D eigenvalue weighted by Crippen LogP contribution is 2.24. The second kappa shape index (κ2) is 6.69. The number of aliphatic hydroxyl groups is 1. The Balaban J connectivity index is 1.60. The summed E-state index contributed by atoms with van der Waals surface area (Å²) < 4.78 is 1.84. The van der Waals surface area contributed by atoms with Crippen molar-refractivity contribution in [2.45, 2.75) is 37.8 Å². The standard InChI is InChI=1S/C20H22N4O/c1-14(15-5-3-2-4-6-15)18-13-21-20-12-11-19(23-24(18)20)22-16-7-9-17(25)10-8-16/h2-6,11-13,16-17,25H,1,7-10H2,(H,22,23)/t16-,17-. The maximum atomic E-state index is 9.65. The highest BCUT2D eigenvalue weighted by atomic mass is 16.3. The zero-order chi connectivity index (χ0) is 17.2. The molecule has 0 aliphatic heterocycles. The Kier molecular flexibility index (Phi) is 4.24. The summed E-state index contributed by atoms with van der Waals surface area (Å²) >= 11 is 0. The molecule has 0 saturated heterocycles. The average molecular weight is 334 g/mol. The van der Waals surface area contributed by atoms with Gasteiger partial charge >= 0.3 is 0 Å². The summed E-state index contributed by atoms with van der Waals surface area (Å²) in [5.74, 6) is 0.828. The molecule has 5 heteroatoms. The van der Waals surface area contributed by atoms with Crippen LogP contribution in [0.4, 0.5) is 5.82 Å². The van der Waals surface area contributed by atoms with Crippen LogP contribution >= 0.6 is 0 Å². The Bertz CT molecular complexity index is 879. The number of aromatic nitrogens is 3. The minimum atomic E-state index is -0.150. The SMILES string of the molecule is C=C(c1ccccc1)c1cnc2ccc(N[C@H]3CC[C@H](O)CC3)nn12. The summed E-state index contributed by atoms with van der Waals surface area (Å²) in [6.45, 7) is 4.22. The van der Waals surface area contributed by atoms with Crippen molar-refractivity contribution < 1.29 is 5.11 Å². The van der Waals surface area contributed by atoms with E-state index in [-0.39, 0.29) is 6.10 Å². The lowest BCUT2D eigenvalue weighted by Crippen LogP contribution is -2.28. The molecular formula is C20H22N4O. The van der Waals surface area contributed by atoms with E-state index in [4.69, 9.17) is 5.10 Å². The Labute approximate surface area is 147 Å². The molecule has 1 aromatic carbocycles. The van der Waals surface area contributed by atoms with Crippen LogP contribution < -0.4 is 5.32 Å². The Hall–Kier alpha value is -2.66. The van der Waals surface area contributed by atoms with E-state index in [1.165, 1.54) is 0 Å². The minimum absolute atomic E-state index is 0.150. The van der Waals surface area contributed by atoms with E-state index in [1.54, 1.807) is 0 Å². The molecule has 3 aromatic rings. The van der Waals surface area contributed by atoms with E-state index in [1.807, 2.05) is 53.2 Å². The molecule has 1 saturated carbocycles. The molecule has 2 aromatic heterocycles. The van der Waals surface area contributed by atoms with E-state index in [0.29, 0.717) is 6.04 Å². The van der Waals surface area contributed by atoms with Gasteiger partial charge in [-0.3, -0.25) is 0 Å². The van der Waals surface area contributed by atoms with Crippen molar-refractivity contribution in [2.75, 3.05) is 5.32 Å². The van der Waals surface area contributed by atoms with Crippen LogP contribution in [0.15, 0.2) is 55.2 Å². The predicted octanol–water partition coefficient (Wildman–Crippen LogP) is 3.51. The van der Waals surface area contributed by atoms with Gasteiger partial charge in [0.1, 0.15) is 5.82 Å². The number of hydrogen-bond acceptors (Lipinski definition) is 4. The fourth-order valence-electron chi connectivity index (χ4n) is 3.37. The molecule has 0 unspecified atom stereocenters. The molecular weight excluding hydrogens is 312 g/mol. The van der Waals surface area contributed by atoms with Gasteiger partial charge in [0.15, 0.2) is 5.65 Å². The smallest absolute Gasteiger partial charge is 0.154 e. The van der Waals surface area contributed by atoms with E-state index >= 15 is 0 Å². The fraction of sp³-hybridized carbons (Fsp3) is 0.300. The normalized spacial score (nSPS) is 20.5.